The number of rotatable bonds is 8. The van der Waals surface area contributed by atoms with Crippen molar-refractivity contribution in [2.75, 3.05) is 37.4 Å². The molecule has 0 aliphatic heterocycles. The lowest BCUT2D eigenvalue weighted by atomic mass is 10.2. The molecule has 0 aliphatic carbocycles. The minimum atomic E-state index is -3.47. The third-order valence-corrected chi connectivity index (χ3v) is 6.37. The maximum atomic E-state index is 12.5. The number of sulfonamides is 1. The van der Waals surface area contributed by atoms with Gasteiger partial charge in [0.1, 0.15) is 0 Å². The zero-order valence-electron chi connectivity index (χ0n) is 16.7. The van der Waals surface area contributed by atoms with Crippen LogP contribution >= 0.6 is 0 Å². The Morgan fingerprint density at radius 2 is 1.54 bits per heavy atom. The zero-order chi connectivity index (χ0) is 20.7. The number of carbonyl (C=O) groups is 1. The van der Waals surface area contributed by atoms with Gasteiger partial charge in [-0.1, -0.05) is 26.0 Å². The van der Waals surface area contributed by atoms with E-state index in [0.29, 0.717) is 18.8 Å². The van der Waals surface area contributed by atoms with Crippen molar-refractivity contribution in [1.82, 2.24) is 4.31 Å². The van der Waals surface area contributed by atoms with Gasteiger partial charge in [0.25, 0.3) is 0 Å². The van der Waals surface area contributed by atoms with Gasteiger partial charge in [-0.25, -0.2) is 8.42 Å². The van der Waals surface area contributed by atoms with Crippen LogP contribution in [0.4, 0.5) is 11.4 Å². The van der Waals surface area contributed by atoms with Crippen LogP contribution in [0.1, 0.15) is 19.4 Å². The monoisotopic (exact) mass is 401 g/mol. The molecule has 0 aromatic heterocycles. The molecule has 0 atom stereocenters. The molecule has 0 saturated heterocycles. The maximum Gasteiger partial charge on any atom is 0.248 e. The minimum absolute atomic E-state index is 0.249. The molecule has 28 heavy (non-hydrogen) atoms. The van der Waals surface area contributed by atoms with E-state index < -0.39 is 10.0 Å². The Bertz CT molecular complexity index is 914. The maximum absolute atomic E-state index is 12.5. The molecule has 0 fully saturated rings. The van der Waals surface area contributed by atoms with Gasteiger partial charge < -0.3 is 10.2 Å². The first-order chi connectivity index (χ1) is 13.3. The van der Waals surface area contributed by atoms with E-state index in [1.54, 1.807) is 30.3 Å². The van der Waals surface area contributed by atoms with Gasteiger partial charge in [-0.05, 0) is 48.0 Å². The molecule has 0 radical (unpaired) electrons. The van der Waals surface area contributed by atoms with Crippen LogP contribution in [0.25, 0.3) is 6.08 Å². The molecule has 1 amide bonds. The third-order valence-electron chi connectivity index (χ3n) is 4.30. The SMILES string of the molecule is CCN(CC)S(=O)(=O)c1ccc(C=CC(=O)Nc2ccc(N(C)C)cc2)cc1. The zero-order valence-corrected chi connectivity index (χ0v) is 17.5. The van der Waals surface area contributed by atoms with Gasteiger partial charge in [0.05, 0.1) is 4.90 Å². The van der Waals surface area contributed by atoms with Gasteiger partial charge in [-0.2, -0.15) is 4.31 Å². The first-order valence-corrected chi connectivity index (χ1v) is 10.6. The van der Waals surface area contributed by atoms with Crippen LogP contribution in [-0.4, -0.2) is 45.8 Å². The molecule has 0 bridgehead atoms. The second kappa shape index (κ2) is 9.52. The van der Waals surface area contributed by atoms with Crippen molar-refractivity contribution in [3.05, 3.63) is 60.2 Å². The summed E-state index contributed by atoms with van der Waals surface area (Å²) in [6.45, 7) is 4.47. The van der Waals surface area contributed by atoms with Crippen LogP contribution in [0.5, 0.6) is 0 Å². The second-order valence-electron chi connectivity index (χ2n) is 6.42. The fourth-order valence-corrected chi connectivity index (χ4v) is 4.12. The molecule has 2 rings (SSSR count). The Labute approximate surface area is 167 Å². The molecule has 2 aromatic rings. The Kier molecular flexibility index (Phi) is 7.37. The van der Waals surface area contributed by atoms with Gasteiger partial charge in [-0.3, -0.25) is 4.79 Å². The van der Waals surface area contributed by atoms with E-state index in [0.717, 1.165) is 11.3 Å². The van der Waals surface area contributed by atoms with E-state index in [9.17, 15) is 13.2 Å². The number of nitrogens with zero attached hydrogens (tertiary/aromatic N) is 2. The first kappa shape index (κ1) is 21.7. The summed E-state index contributed by atoms with van der Waals surface area (Å²) < 4.78 is 26.4. The Morgan fingerprint density at radius 3 is 2.04 bits per heavy atom. The predicted octanol–water partition coefficient (Wildman–Crippen LogP) is 3.44. The number of hydrogen-bond donors (Lipinski definition) is 1. The molecule has 7 heteroatoms. The number of nitrogens with one attached hydrogen (secondary N) is 1. The van der Waals surface area contributed by atoms with Crippen LogP contribution in [0.3, 0.4) is 0 Å². The number of benzene rings is 2. The van der Waals surface area contributed by atoms with Crippen LogP contribution in [0.2, 0.25) is 0 Å². The lowest BCUT2D eigenvalue weighted by Gasteiger charge is -2.18. The summed E-state index contributed by atoms with van der Waals surface area (Å²) >= 11 is 0. The van der Waals surface area contributed by atoms with Gasteiger partial charge in [-0.15, -0.1) is 0 Å². The van der Waals surface area contributed by atoms with Crippen molar-refractivity contribution in [2.45, 2.75) is 18.7 Å². The topological polar surface area (TPSA) is 69.7 Å². The third kappa shape index (κ3) is 5.43. The summed E-state index contributed by atoms with van der Waals surface area (Å²) in [6.07, 6.45) is 3.07. The summed E-state index contributed by atoms with van der Waals surface area (Å²) in [5.74, 6) is -0.252. The van der Waals surface area contributed by atoms with Crippen LogP contribution in [0.15, 0.2) is 59.5 Å². The van der Waals surface area contributed by atoms with Crippen molar-refractivity contribution in [2.24, 2.45) is 0 Å². The van der Waals surface area contributed by atoms with Gasteiger partial charge >= 0.3 is 0 Å². The number of carbonyl (C=O) groups excluding carboxylic acids is 1. The number of hydrogen-bond acceptors (Lipinski definition) is 4. The molecular weight excluding hydrogens is 374 g/mol. The van der Waals surface area contributed by atoms with Gasteiger partial charge in [0.15, 0.2) is 0 Å². The highest BCUT2D eigenvalue weighted by molar-refractivity contribution is 7.89. The highest BCUT2D eigenvalue weighted by Crippen LogP contribution is 2.18. The van der Waals surface area contributed by atoms with E-state index in [1.165, 1.54) is 10.4 Å². The van der Waals surface area contributed by atoms with Crippen molar-refractivity contribution < 1.29 is 13.2 Å². The van der Waals surface area contributed by atoms with E-state index >= 15 is 0 Å². The van der Waals surface area contributed by atoms with E-state index in [1.807, 2.05) is 57.1 Å². The first-order valence-electron chi connectivity index (χ1n) is 9.14. The largest absolute Gasteiger partial charge is 0.378 e. The highest BCUT2D eigenvalue weighted by atomic mass is 32.2. The van der Waals surface area contributed by atoms with E-state index in [2.05, 4.69) is 5.32 Å². The summed E-state index contributed by atoms with van der Waals surface area (Å²) in [5.41, 5.74) is 2.51. The van der Waals surface area contributed by atoms with Crippen LogP contribution in [0, 0.1) is 0 Å². The summed E-state index contributed by atoms with van der Waals surface area (Å²) in [7, 11) is 0.433. The number of anilines is 2. The van der Waals surface area contributed by atoms with Crippen LogP contribution < -0.4 is 10.2 Å². The van der Waals surface area contributed by atoms with Crippen molar-refractivity contribution in [3.63, 3.8) is 0 Å². The molecule has 0 unspecified atom stereocenters. The second-order valence-corrected chi connectivity index (χ2v) is 8.36. The average Bonchev–Trinajstić information content (AvgIpc) is 2.68. The molecule has 6 nitrogen and oxygen atoms in total. The van der Waals surface area contributed by atoms with Gasteiger partial charge in [0.2, 0.25) is 15.9 Å². The lowest BCUT2D eigenvalue weighted by Crippen LogP contribution is -2.30. The van der Waals surface area contributed by atoms with Gasteiger partial charge in [0, 0.05) is 44.6 Å². The summed E-state index contributed by atoms with van der Waals surface area (Å²) in [5, 5.41) is 2.80. The molecule has 0 heterocycles. The smallest absolute Gasteiger partial charge is 0.248 e. The quantitative estimate of drug-likeness (QED) is 0.688. The standard InChI is InChI=1S/C21H27N3O3S/c1-5-24(6-2)28(26,27)20-14-7-17(8-15-20)9-16-21(25)22-18-10-12-19(13-11-18)23(3)4/h7-16H,5-6H2,1-4H3,(H,22,25). The molecule has 1 N–H and O–H groups in total. The fourth-order valence-electron chi connectivity index (χ4n) is 2.66. The molecule has 2 aromatic carbocycles. The minimum Gasteiger partial charge on any atom is -0.378 e. The van der Waals surface area contributed by atoms with E-state index in [4.69, 9.17) is 0 Å². The Balaban J connectivity index is 2.03. The van der Waals surface area contributed by atoms with Crippen molar-refractivity contribution in [1.29, 1.82) is 0 Å². The molecular formula is C21H27N3O3S. The lowest BCUT2D eigenvalue weighted by molar-refractivity contribution is -0.111. The Morgan fingerprint density at radius 1 is 0.964 bits per heavy atom. The van der Waals surface area contributed by atoms with Crippen LogP contribution in [-0.2, 0) is 14.8 Å². The van der Waals surface area contributed by atoms with E-state index in [-0.39, 0.29) is 10.8 Å². The molecule has 0 saturated carbocycles. The summed E-state index contributed by atoms with van der Waals surface area (Å²) in [4.78, 5) is 14.3. The molecule has 150 valence electrons. The van der Waals surface area contributed by atoms with Crippen molar-refractivity contribution in [3.8, 4) is 0 Å². The highest BCUT2D eigenvalue weighted by Gasteiger charge is 2.20. The predicted molar refractivity (Wildman–Crippen MR) is 115 cm³/mol. The average molecular weight is 402 g/mol. The Hall–Kier alpha value is -2.64. The summed E-state index contributed by atoms with van der Waals surface area (Å²) in [6, 6.07) is 14.0. The fraction of sp³-hybridized carbons (Fsp3) is 0.286. The normalized spacial score (nSPS) is 11.8. The molecule has 0 spiro atoms. The number of amides is 1. The van der Waals surface area contributed by atoms with Crippen molar-refractivity contribution >= 4 is 33.4 Å². The molecule has 0 aliphatic rings.